The SMILES string of the molecule is CCCCN1C(=O)N(c2ccc(OC(F)(F)F)cc2)CC1c1ccc(C(=O)NCCC(=O)O)cc1. The highest BCUT2D eigenvalue weighted by Gasteiger charge is 2.38. The number of alkyl halides is 3. The van der Waals surface area contributed by atoms with E-state index in [1.165, 1.54) is 17.0 Å². The van der Waals surface area contributed by atoms with Crippen LogP contribution in [0.3, 0.4) is 0 Å². The van der Waals surface area contributed by atoms with E-state index in [4.69, 9.17) is 5.11 Å². The summed E-state index contributed by atoms with van der Waals surface area (Å²) in [5, 5.41) is 11.2. The number of carboxylic acids is 1. The number of unbranched alkanes of at least 4 members (excludes halogenated alkanes) is 1. The van der Waals surface area contributed by atoms with Gasteiger partial charge in [0.15, 0.2) is 0 Å². The minimum atomic E-state index is -4.80. The van der Waals surface area contributed by atoms with E-state index in [1.54, 1.807) is 29.2 Å². The number of nitrogens with one attached hydrogen (secondary N) is 1. The highest BCUT2D eigenvalue weighted by Crippen LogP contribution is 2.34. The first-order valence-corrected chi connectivity index (χ1v) is 11.1. The molecule has 1 unspecified atom stereocenters. The number of carboxylic acid groups (broad SMARTS) is 1. The molecule has 1 heterocycles. The number of ether oxygens (including phenoxy) is 1. The quantitative estimate of drug-likeness (QED) is 0.505. The Balaban J connectivity index is 1.76. The Labute approximate surface area is 200 Å². The van der Waals surface area contributed by atoms with Gasteiger partial charge in [-0.15, -0.1) is 13.2 Å². The number of nitrogens with zero attached hydrogens (tertiary/aromatic N) is 2. The van der Waals surface area contributed by atoms with Crippen LogP contribution < -0.4 is 15.0 Å². The third-order valence-corrected chi connectivity index (χ3v) is 5.52. The highest BCUT2D eigenvalue weighted by molar-refractivity contribution is 5.95. The van der Waals surface area contributed by atoms with Crippen LogP contribution in [0, 0.1) is 0 Å². The average Bonchev–Trinajstić information content (AvgIpc) is 3.13. The van der Waals surface area contributed by atoms with Gasteiger partial charge in [-0.2, -0.15) is 0 Å². The number of benzene rings is 2. The summed E-state index contributed by atoms with van der Waals surface area (Å²) in [6, 6.07) is 11.3. The van der Waals surface area contributed by atoms with Crippen LogP contribution in [0.25, 0.3) is 0 Å². The van der Waals surface area contributed by atoms with Crippen molar-refractivity contribution in [3.63, 3.8) is 0 Å². The van der Waals surface area contributed by atoms with Crippen LogP contribution >= 0.6 is 0 Å². The predicted molar refractivity (Wildman–Crippen MR) is 121 cm³/mol. The van der Waals surface area contributed by atoms with Crippen LogP contribution in [0.5, 0.6) is 5.75 Å². The minimum absolute atomic E-state index is 0.0135. The monoisotopic (exact) mass is 493 g/mol. The fraction of sp³-hybridized carbons (Fsp3) is 0.375. The van der Waals surface area contributed by atoms with Crippen molar-refractivity contribution in [1.29, 1.82) is 0 Å². The lowest BCUT2D eigenvalue weighted by atomic mass is 10.0. The average molecular weight is 493 g/mol. The summed E-state index contributed by atoms with van der Waals surface area (Å²) in [4.78, 5) is 39.2. The summed E-state index contributed by atoms with van der Waals surface area (Å²) in [6.07, 6.45) is -3.33. The molecule has 35 heavy (non-hydrogen) atoms. The molecule has 1 fully saturated rings. The molecule has 11 heteroatoms. The van der Waals surface area contributed by atoms with Crippen LogP contribution in [0.15, 0.2) is 48.5 Å². The van der Waals surface area contributed by atoms with Gasteiger partial charge in [-0.05, 0) is 48.4 Å². The standard InChI is InChI=1S/C24H26F3N3O5/c1-2-3-14-29-20(16-4-6-17(7-5-16)22(33)28-13-12-21(31)32)15-30(23(29)34)18-8-10-19(11-9-18)35-24(25,26)27/h4-11,20H,2-3,12-15H2,1H3,(H,28,33)(H,31,32). The third kappa shape index (κ3) is 6.87. The van der Waals surface area contributed by atoms with Crippen molar-refractivity contribution in [3.8, 4) is 5.75 Å². The topological polar surface area (TPSA) is 99.2 Å². The number of anilines is 1. The van der Waals surface area contributed by atoms with Crippen LogP contribution in [0.1, 0.15) is 48.1 Å². The van der Waals surface area contributed by atoms with Gasteiger partial charge in [-0.3, -0.25) is 14.5 Å². The van der Waals surface area contributed by atoms with E-state index in [-0.39, 0.29) is 37.3 Å². The molecular weight excluding hydrogens is 467 g/mol. The molecule has 2 aromatic rings. The summed E-state index contributed by atoms with van der Waals surface area (Å²) in [6.45, 7) is 2.80. The Morgan fingerprint density at radius 1 is 1.11 bits per heavy atom. The number of hydrogen-bond donors (Lipinski definition) is 2. The second kappa shape index (κ2) is 11.1. The second-order valence-corrected chi connectivity index (χ2v) is 8.02. The van der Waals surface area contributed by atoms with E-state index in [2.05, 4.69) is 10.1 Å². The Bertz CT molecular complexity index is 1040. The van der Waals surface area contributed by atoms with Crippen molar-refractivity contribution in [3.05, 3.63) is 59.7 Å². The summed E-state index contributed by atoms with van der Waals surface area (Å²) >= 11 is 0. The number of urea groups is 1. The maximum Gasteiger partial charge on any atom is 0.573 e. The van der Waals surface area contributed by atoms with Gasteiger partial charge in [0.05, 0.1) is 19.0 Å². The largest absolute Gasteiger partial charge is 0.573 e. The second-order valence-electron chi connectivity index (χ2n) is 8.02. The molecule has 0 aromatic heterocycles. The zero-order valence-corrected chi connectivity index (χ0v) is 19.0. The minimum Gasteiger partial charge on any atom is -0.481 e. The number of halogens is 3. The molecule has 3 rings (SSSR count). The Hall–Kier alpha value is -3.76. The van der Waals surface area contributed by atoms with Gasteiger partial charge >= 0.3 is 18.4 Å². The van der Waals surface area contributed by atoms with E-state index in [9.17, 15) is 27.6 Å². The van der Waals surface area contributed by atoms with Gasteiger partial charge in [0.2, 0.25) is 0 Å². The highest BCUT2D eigenvalue weighted by atomic mass is 19.4. The van der Waals surface area contributed by atoms with Crippen LogP contribution in [0.4, 0.5) is 23.7 Å². The molecule has 0 radical (unpaired) electrons. The van der Waals surface area contributed by atoms with Gasteiger partial charge in [0.25, 0.3) is 5.91 Å². The van der Waals surface area contributed by atoms with E-state index in [0.717, 1.165) is 30.5 Å². The third-order valence-electron chi connectivity index (χ3n) is 5.52. The lowest BCUT2D eigenvalue weighted by Crippen LogP contribution is -2.33. The molecule has 2 aromatic carbocycles. The van der Waals surface area contributed by atoms with E-state index in [1.807, 2.05) is 6.92 Å². The van der Waals surface area contributed by atoms with Crippen molar-refractivity contribution in [1.82, 2.24) is 10.2 Å². The summed E-state index contributed by atoms with van der Waals surface area (Å²) in [5.74, 6) is -1.78. The van der Waals surface area contributed by atoms with Gasteiger partial charge in [0, 0.05) is 24.3 Å². The van der Waals surface area contributed by atoms with Crippen molar-refractivity contribution >= 4 is 23.6 Å². The molecule has 188 valence electrons. The van der Waals surface area contributed by atoms with Crippen molar-refractivity contribution < 1.29 is 37.4 Å². The first-order chi connectivity index (χ1) is 16.6. The Morgan fingerprint density at radius 3 is 2.34 bits per heavy atom. The Kier molecular flexibility index (Phi) is 8.21. The molecule has 0 aliphatic carbocycles. The fourth-order valence-electron chi connectivity index (χ4n) is 3.79. The molecule has 0 bridgehead atoms. The summed E-state index contributed by atoms with van der Waals surface area (Å²) in [5.41, 5.74) is 1.61. The predicted octanol–water partition coefficient (Wildman–Crippen LogP) is 4.57. The maximum absolute atomic E-state index is 13.2. The first kappa shape index (κ1) is 25.9. The zero-order chi connectivity index (χ0) is 25.6. The lowest BCUT2D eigenvalue weighted by Gasteiger charge is -2.23. The Morgan fingerprint density at radius 2 is 1.77 bits per heavy atom. The number of carbonyl (C=O) groups excluding carboxylic acids is 2. The number of carbonyl (C=O) groups is 3. The van der Waals surface area contributed by atoms with E-state index >= 15 is 0 Å². The molecule has 8 nitrogen and oxygen atoms in total. The number of rotatable bonds is 10. The van der Waals surface area contributed by atoms with E-state index in [0.29, 0.717) is 17.8 Å². The van der Waals surface area contributed by atoms with Crippen molar-refractivity contribution in [2.24, 2.45) is 0 Å². The number of aliphatic carboxylic acids is 1. The lowest BCUT2D eigenvalue weighted by molar-refractivity contribution is -0.274. The maximum atomic E-state index is 13.2. The summed E-state index contributed by atoms with van der Waals surface area (Å²) in [7, 11) is 0. The van der Waals surface area contributed by atoms with Gasteiger partial charge < -0.3 is 20.1 Å². The molecule has 1 aliphatic rings. The number of amides is 3. The molecule has 1 saturated heterocycles. The summed E-state index contributed by atoms with van der Waals surface area (Å²) < 4.78 is 41.2. The smallest absolute Gasteiger partial charge is 0.481 e. The van der Waals surface area contributed by atoms with Crippen molar-refractivity contribution in [2.75, 3.05) is 24.5 Å². The van der Waals surface area contributed by atoms with E-state index < -0.39 is 18.2 Å². The number of hydrogen-bond acceptors (Lipinski definition) is 4. The van der Waals surface area contributed by atoms with Crippen LogP contribution in [-0.2, 0) is 4.79 Å². The van der Waals surface area contributed by atoms with Crippen molar-refractivity contribution in [2.45, 2.75) is 38.6 Å². The molecule has 0 spiro atoms. The molecule has 3 amide bonds. The van der Waals surface area contributed by atoms with Gasteiger partial charge in [-0.25, -0.2) is 4.79 Å². The molecule has 1 aliphatic heterocycles. The van der Waals surface area contributed by atoms with Gasteiger partial charge in [-0.1, -0.05) is 25.5 Å². The molecule has 1 atom stereocenters. The molecular formula is C24H26F3N3O5. The van der Waals surface area contributed by atoms with Crippen LogP contribution in [-0.4, -0.2) is 53.9 Å². The molecule has 2 N–H and O–H groups in total. The fourth-order valence-corrected chi connectivity index (χ4v) is 3.79. The van der Waals surface area contributed by atoms with Crippen LogP contribution in [0.2, 0.25) is 0 Å². The molecule has 0 saturated carbocycles. The zero-order valence-electron chi connectivity index (χ0n) is 19.0. The van der Waals surface area contributed by atoms with Gasteiger partial charge in [0.1, 0.15) is 5.75 Å². The normalized spacial score (nSPS) is 15.9. The first-order valence-electron chi connectivity index (χ1n) is 11.1.